The highest BCUT2D eigenvalue weighted by Crippen LogP contribution is 2.23. The van der Waals surface area contributed by atoms with Crippen LogP contribution >= 0.6 is 0 Å². The molecular formula is C15H21NO. The zero-order chi connectivity index (χ0) is 11.5. The van der Waals surface area contributed by atoms with Crippen molar-refractivity contribution in [1.29, 1.82) is 0 Å². The van der Waals surface area contributed by atoms with Crippen molar-refractivity contribution in [3.8, 4) is 0 Å². The molecule has 1 aliphatic heterocycles. The number of fused-ring (bicyclic) bond motifs is 1. The van der Waals surface area contributed by atoms with Gasteiger partial charge in [0, 0.05) is 25.3 Å². The molecule has 0 aromatic heterocycles. The highest BCUT2D eigenvalue weighted by atomic mass is 16.5. The molecule has 2 heteroatoms. The third kappa shape index (κ3) is 2.70. The summed E-state index contributed by atoms with van der Waals surface area (Å²) in [5.74, 6) is 0. The van der Waals surface area contributed by atoms with Gasteiger partial charge in [0.1, 0.15) is 0 Å². The van der Waals surface area contributed by atoms with Crippen LogP contribution in [0.2, 0.25) is 0 Å². The Bertz CT molecular complexity index is 344. The van der Waals surface area contributed by atoms with E-state index < -0.39 is 0 Å². The van der Waals surface area contributed by atoms with Gasteiger partial charge in [-0.2, -0.15) is 0 Å². The molecule has 1 fully saturated rings. The molecule has 0 bridgehead atoms. The van der Waals surface area contributed by atoms with E-state index in [1.54, 1.807) is 0 Å². The summed E-state index contributed by atoms with van der Waals surface area (Å²) in [6.45, 7) is 1.88. The van der Waals surface area contributed by atoms with Crippen LogP contribution in [-0.4, -0.2) is 25.3 Å². The van der Waals surface area contributed by atoms with Crippen LogP contribution in [-0.2, 0) is 17.6 Å². The van der Waals surface area contributed by atoms with Crippen molar-refractivity contribution >= 4 is 0 Å². The van der Waals surface area contributed by atoms with Crippen molar-refractivity contribution in [3.63, 3.8) is 0 Å². The van der Waals surface area contributed by atoms with Crippen LogP contribution in [0.5, 0.6) is 0 Å². The Morgan fingerprint density at radius 3 is 2.47 bits per heavy atom. The molecule has 1 aromatic rings. The van der Waals surface area contributed by atoms with Gasteiger partial charge in [-0.05, 0) is 43.2 Å². The average Bonchev–Trinajstić information content (AvgIpc) is 2.57. The molecule has 0 spiro atoms. The first kappa shape index (κ1) is 11.2. The molecule has 0 amide bonds. The lowest BCUT2D eigenvalue weighted by molar-refractivity contribution is 0.142. The Labute approximate surface area is 103 Å². The predicted octanol–water partition coefficient (Wildman–Crippen LogP) is 2.31. The molecule has 1 unspecified atom stereocenters. The van der Waals surface area contributed by atoms with Crippen molar-refractivity contribution in [2.75, 3.05) is 13.2 Å². The highest BCUT2D eigenvalue weighted by Gasteiger charge is 2.23. The van der Waals surface area contributed by atoms with Crippen molar-refractivity contribution in [1.82, 2.24) is 5.32 Å². The Morgan fingerprint density at radius 2 is 1.71 bits per heavy atom. The number of ether oxygens (including phenoxy) is 1. The van der Waals surface area contributed by atoms with E-state index in [2.05, 4.69) is 29.6 Å². The molecule has 2 aliphatic rings. The number of rotatable bonds is 2. The fraction of sp³-hybridized carbons (Fsp3) is 0.600. The van der Waals surface area contributed by atoms with Crippen LogP contribution in [0, 0.1) is 0 Å². The first-order valence-electron chi connectivity index (χ1n) is 6.82. The maximum atomic E-state index is 5.51. The van der Waals surface area contributed by atoms with Gasteiger partial charge in [0.2, 0.25) is 0 Å². The Morgan fingerprint density at radius 1 is 0.941 bits per heavy atom. The molecule has 1 aromatic carbocycles. The van der Waals surface area contributed by atoms with E-state index >= 15 is 0 Å². The largest absolute Gasteiger partial charge is 0.381 e. The van der Waals surface area contributed by atoms with Crippen LogP contribution in [0.15, 0.2) is 24.3 Å². The van der Waals surface area contributed by atoms with Crippen molar-refractivity contribution < 1.29 is 4.74 Å². The summed E-state index contributed by atoms with van der Waals surface area (Å²) in [6.07, 6.45) is 6.05. The fourth-order valence-electron chi connectivity index (χ4n) is 3.08. The number of nitrogens with one attached hydrogen (secondary N) is 1. The number of benzene rings is 1. The van der Waals surface area contributed by atoms with Crippen LogP contribution in [0.3, 0.4) is 0 Å². The molecule has 1 saturated heterocycles. The monoisotopic (exact) mass is 231 g/mol. The van der Waals surface area contributed by atoms with Crippen LogP contribution in [0.25, 0.3) is 0 Å². The molecule has 3 rings (SSSR count). The molecule has 1 atom stereocenters. The molecule has 0 radical (unpaired) electrons. The molecule has 1 heterocycles. The van der Waals surface area contributed by atoms with Crippen molar-refractivity contribution in [2.24, 2.45) is 0 Å². The fourth-order valence-corrected chi connectivity index (χ4v) is 3.08. The maximum Gasteiger partial charge on any atom is 0.0480 e. The second kappa shape index (κ2) is 5.19. The van der Waals surface area contributed by atoms with Gasteiger partial charge in [-0.25, -0.2) is 0 Å². The smallest absolute Gasteiger partial charge is 0.0480 e. The molecule has 92 valence electrons. The molecule has 1 aliphatic carbocycles. The topological polar surface area (TPSA) is 21.3 Å². The maximum absolute atomic E-state index is 5.51. The van der Waals surface area contributed by atoms with E-state index in [1.807, 2.05) is 0 Å². The van der Waals surface area contributed by atoms with E-state index in [0.717, 1.165) is 13.2 Å². The summed E-state index contributed by atoms with van der Waals surface area (Å²) in [7, 11) is 0. The van der Waals surface area contributed by atoms with E-state index in [9.17, 15) is 0 Å². The lowest BCUT2D eigenvalue weighted by atomic mass is 10.1. The van der Waals surface area contributed by atoms with Crippen LogP contribution in [0.4, 0.5) is 0 Å². The lowest BCUT2D eigenvalue weighted by Gasteiger charge is -2.20. The summed E-state index contributed by atoms with van der Waals surface area (Å²) >= 11 is 0. The minimum atomic E-state index is 0.649. The zero-order valence-electron chi connectivity index (χ0n) is 10.3. The summed E-state index contributed by atoms with van der Waals surface area (Å²) in [5, 5.41) is 3.82. The molecule has 2 nitrogen and oxygen atoms in total. The van der Waals surface area contributed by atoms with Crippen LogP contribution < -0.4 is 5.32 Å². The van der Waals surface area contributed by atoms with E-state index in [4.69, 9.17) is 4.74 Å². The lowest BCUT2D eigenvalue weighted by Crippen LogP contribution is -2.39. The summed E-state index contributed by atoms with van der Waals surface area (Å²) in [6, 6.07) is 10.2. The normalized spacial score (nSPS) is 25.5. The molecule has 0 saturated carbocycles. The first-order chi connectivity index (χ1) is 8.42. The minimum absolute atomic E-state index is 0.649. The standard InChI is InChI=1S/C15H21NO/c1-2-5-13-11-15(10-12(13)4-1)16-14-6-3-8-17-9-7-14/h1-2,4-5,14-16H,3,6-11H2. The molecule has 17 heavy (non-hydrogen) atoms. The van der Waals surface area contributed by atoms with Gasteiger partial charge in [0.05, 0.1) is 0 Å². The van der Waals surface area contributed by atoms with Crippen molar-refractivity contribution in [2.45, 2.75) is 44.2 Å². The van der Waals surface area contributed by atoms with Gasteiger partial charge in [-0.15, -0.1) is 0 Å². The third-order valence-electron chi connectivity index (χ3n) is 3.97. The Kier molecular flexibility index (Phi) is 3.44. The third-order valence-corrected chi connectivity index (χ3v) is 3.97. The Balaban J connectivity index is 1.57. The number of hydrogen-bond acceptors (Lipinski definition) is 2. The SMILES string of the molecule is c1ccc2c(c1)CC(NC1CCCOCC1)C2. The summed E-state index contributed by atoms with van der Waals surface area (Å²) < 4.78 is 5.51. The van der Waals surface area contributed by atoms with Gasteiger partial charge in [-0.1, -0.05) is 24.3 Å². The summed E-state index contributed by atoms with van der Waals surface area (Å²) in [5.41, 5.74) is 3.07. The number of hydrogen-bond donors (Lipinski definition) is 1. The highest BCUT2D eigenvalue weighted by molar-refractivity contribution is 5.33. The van der Waals surface area contributed by atoms with E-state index in [-0.39, 0.29) is 0 Å². The van der Waals surface area contributed by atoms with Crippen LogP contribution in [0.1, 0.15) is 30.4 Å². The molecular weight excluding hydrogens is 210 g/mol. The van der Waals surface area contributed by atoms with Gasteiger partial charge in [0.25, 0.3) is 0 Å². The predicted molar refractivity (Wildman–Crippen MR) is 69.2 cm³/mol. The van der Waals surface area contributed by atoms with E-state index in [0.29, 0.717) is 12.1 Å². The van der Waals surface area contributed by atoms with Gasteiger partial charge in [0.15, 0.2) is 0 Å². The Hall–Kier alpha value is -0.860. The average molecular weight is 231 g/mol. The van der Waals surface area contributed by atoms with Gasteiger partial charge < -0.3 is 10.1 Å². The van der Waals surface area contributed by atoms with Gasteiger partial charge in [-0.3, -0.25) is 0 Å². The first-order valence-corrected chi connectivity index (χ1v) is 6.82. The quantitative estimate of drug-likeness (QED) is 0.843. The second-order valence-corrected chi connectivity index (χ2v) is 5.28. The summed E-state index contributed by atoms with van der Waals surface area (Å²) in [4.78, 5) is 0. The minimum Gasteiger partial charge on any atom is -0.381 e. The molecule has 1 N–H and O–H groups in total. The second-order valence-electron chi connectivity index (χ2n) is 5.28. The van der Waals surface area contributed by atoms with Crippen molar-refractivity contribution in [3.05, 3.63) is 35.4 Å². The van der Waals surface area contributed by atoms with E-state index in [1.165, 1.54) is 43.2 Å². The zero-order valence-corrected chi connectivity index (χ0v) is 10.3. The van der Waals surface area contributed by atoms with Gasteiger partial charge >= 0.3 is 0 Å².